The van der Waals surface area contributed by atoms with Crippen molar-refractivity contribution in [2.24, 2.45) is 0 Å². The van der Waals surface area contributed by atoms with Gasteiger partial charge in [0.15, 0.2) is 9.84 Å². The fraction of sp³-hybridized carbons (Fsp3) is 0.689. The van der Waals surface area contributed by atoms with Gasteiger partial charge in [-0.1, -0.05) is 192 Å². The molecule has 5 heteroatoms. The van der Waals surface area contributed by atoms with Crippen LogP contribution in [0.5, 0.6) is 0 Å². The van der Waals surface area contributed by atoms with Crippen molar-refractivity contribution in [1.82, 2.24) is 0 Å². The smallest absolute Gasteiger partial charge is 0.178 e. The van der Waals surface area contributed by atoms with Gasteiger partial charge in [-0.3, -0.25) is 0 Å². The van der Waals surface area contributed by atoms with Gasteiger partial charge in [-0.05, 0) is 61.1 Å². The maximum Gasteiger partial charge on any atom is 0.178 e. The van der Waals surface area contributed by atoms with Crippen LogP contribution in [0.15, 0.2) is 53.4 Å². The molecule has 0 bridgehead atoms. The van der Waals surface area contributed by atoms with E-state index in [4.69, 9.17) is 5.11 Å². The van der Waals surface area contributed by atoms with Gasteiger partial charge in [0, 0.05) is 18.3 Å². The molecule has 4 nitrogen and oxygen atoms in total. The number of hydrogen-bond donors (Lipinski definition) is 2. The Morgan fingerprint density at radius 1 is 0.540 bits per heavy atom. The summed E-state index contributed by atoms with van der Waals surface area (Å²) in [5, 5.41) is 12.6. The van der Waals surface area contributed by atoms with Crippen LogP contribution in [-0.4, -0.2) is 31.9 Å². The quantitative estimate of drug-likeness (QED) is 0.0572. The first-order valence-corrected chi connectivity index (χ1v) is 22.6. The Morgan fingerprint density at radius 2 is 0.940 bits per heavy atom. The average Bonchev–Trinajstić information content (AvgIpc) is 3.13. The first kappa shape index (κ1) is 44.1. The molecule has 0 spiro atoms. The Kier molecular flexibility index (Phi) is 26.0. The fourth-order valence-corrected chi connectivity index (χ4v) is 8.18. The van der Waals surface area contributed by atoms with E-state index in [1.54, 1.807) is 12.1 Å². The Hall–Kier alpha value is -2.11. The van der Waals surface area contributed by atoms with Gasteiger partial charge in [0.25, 0.3) is 0 Å². The number of aliphatic hydroxyl groups excluding tert-OH is 1. The lowest BCUT2D eigenvalue weighted by Gasteiger charge is -2.18. The molecule has 50 heavy (non-hydrogen) atoms. The van der Waals surface area contributed by atoms with Crippen LogP contribution in [0.1, 0.15) is 192 Å². The van der Waals surface area contributed by atoms with Crippen LogP contribution in [0, 0.1) is 0 Å². The van der Waals surface area contributed by atoms with Crippen molar-refractivity contribution in [2.75, 3.05) is 17.7 Å². The van der Waals surface area contributed by atoms with Crippen molar-refractivity contribution >= 4 is 27.7 Å². The summed E-state index contributed by atoms with van der Waals surface area (Å²) in [7, 11) is -3.24. The van der Waals surface area contributed by atoms with Gasteiger partial charge >= 0.3 is 0 Å². The van der Waals surface area contributed by atoms with E-state index in [0.717, 1.165) is 56.1 Å². The van der Waals surface area contributed by atoms with Crippen LogP contribution in [0.25, 0.3) is 12.2 Å². The fourth-order valence-electron chi connectivity index (χ4n) is 6.80. The van der Waals surface area contributed by atoms with Gasteiger partial charge in [-0.15, -0.1) is 0 Å². The lowest BCUT2D eigenvalue weighted by atomic mass is 10.0. The van der Waals surface area contributed by atoms with E-state index < -0.39 is 9.84 Å². The van der Waals surface area contributed by atoms with E-state index in [1.165, 1.54) is 128 Å². The van der Waals surface area contributed by atoms with Crippen LogP contribution in [-0.2, 0) is 9.84 Å². The molecule has 2 aromatic carbocycles. The average molecular weight is 710 g/mol. The van der Waals surface area contributed by atoms with Crippen LogP contribution >= 0.6 is 0 Å². The zero-order valence-electron chi connectivity index (χ0n) is 32.3. The third-order valence-corrected chi connectivity index (χ3v) is 12.0. The summed E-state index contributed by atoms with van der Waals surface area (Å²) < 4.78 is 25.7. The number of unbranched alkanes of at least 4 members (excludes halogenated alkanes) is 22. The molecular formula is C45H75NO3S. The highest BCUT2D eigenvalue weighted by Crippen LogP contribution is 2.20. The maximum absolute atomic E-state index is 12.8. The van der Waals surface area contributed by atoms with E-state index in [0.29, 0.717) is 17.5 Å². The van der Waals surface area contributed by atoms with E-state index in [-0.39, 0.29) is 5.75 Å². The molecule has 0 saturated carbocycles. The largest absolute Gasteiger partial charge is 0.396 e. The second-order valence-corrected chi connectivity index (χ2v) is 16.8. The van der Waals surface area contributed by atoms with Gasteiger partial charge in [-0.2, -0.15) is 0 Å². The molecule has 2 rings (SSSR count). The molecule has 0 heterocycles. The molecule has 284 valence electrons. The topological polar surface area (TPSA) is 66.4 Å². The van der Waals surface area contributed by atoms with Crippen LogP contribution in [0.2, 0.25) is 0 Å². The molecule has 0 fully saturated rings. The van der Waals surface area contributed by atoms with Crippen molar-refractivity contribution in [2.45, 2.75) is 192 Å². The molecule has 0 saturated heterocycles. The predicted molar refractivity (Wildman–Crippen MR) is 220 cm³/mol. The van der Waals surface area contributed by atoms with E-state index >= 15 is 0 Å². The third-order valence-electron chi connectivity index (χ3n) is 10.2. The second-order valence-electron chi connectivity index (χ2n) is 14.7. The number of rotatable bonds is 33. The van der Waals surface area contributed by atoms with E-state index in [2.05, 4.69) is 49.5 Å². The lowest BCUT2D eigenvalue weighted by molar-refractivity contribution is 0.282. The van der Waals surface area contributed by atoms with Gasteiger partial charge in [0.2, 0.25) is 0 Å². The van der Waals surface area contributed by atoms with Gasteiger partial charge in [0.1, 0.15) is 0 Å². The zero-order chi connectivity index (χ0) is 36.0. The Morgan fingerprint density at radius 3 is 1.38 bits per heavy atom. The summed E-state index contributed by atoms with van der Waals surface area (Å²) in [6.45, 7) is 4.86. The Labute approximate surface area is 309 Å². The first-order valence-electron chi connectivity index (χ1n) is 21.0. The highest BCUT2D eigenvalue weighted by molar-refractivity contribution is 7.91. The molecule has 0 amide bonds. The van der Waals surface area contributed by atoms with Crippen molar-refractivity contribution in [3.05, 3.63) is 59.7 Å². The summed E-state index contributed by atoms with van der Waals surface area (Å²) in [6, 6.07) is 16.5. The molecular weight excluding hydrogens is 635 g/mol. The highest BCUT2D eigenvalue weighted by Gasteiger charge is 2.13. The molecule has 0 aliphatic rings. The molecule has 0 aliphatic carbocycles. The minimum absolute atomic E-state index is 0.220. The second kappa shape index (κ2) is 29.5. The summed E-state index contributed by atoms with van der Waals surface area (Å²) in [5.41, 5.74) is 3.31. The summed E-state index contributed by atoms with van der Waals surface area (Å²) >= 11 is 0. The van der Waals surface area contributed by atoms with Crippen molar-refractivity contribution in [3.63, 3.8) is 0 Å². The highest BCUT2D eigenvalue weighted by atomic mass is 32.2. The molecule has 0 aromatic heterocycles. The summed E-state index contributed by atoms with van der Waals surface area (Å²) in [6.07, 6.45) is 37.1. The van der Waals surface area contributed by atoms with Crippen molar-refractivity contribution in [1.29, 1.82) is 0 Å². The van der Waals surface area contributed by atoms with Crippen molar-refractivity contribution < 1.29 is 13.5 Å². The van der Waals surface area contributed by atoms with E-state index in [9.17, 15) is 8.42 Å². The van der Waals surface area contributed by atoms with Crippen molar-refractivity contribution in [3.8, 4) is 0 Å². The minimum atomic E-state index is -3.24. The molecule has 1 atom stereocenters. The van der Waals surface area contributed by atoms with Gasteiger partial charge < -0.3 is 10.4 Å². The Bertz CT molecular complexity index is 1190. The lowest BCUT2D eigenvalue weighted by Crippen LogP contribution is -2.18. The normalized spacial score (nSPS) is 12.5. The van der Waals surface area contributed by atoms with Gasteiger partial charge in [0.05, 0.1) is 10.6 Å². The molecule has 2 N–H and O–H groups in total. The monoisotopic (exact) mass is 710 g/mol. The van der Waals surface area contributed by atoms with Crippen LogP contribution in [0.3, 0.4) is 0 Å². The minimum Gasteiger partial charge on any atom is -0.396 e. The van der Waals surface area contributed by atoms with E-state index in [1.807, 2.05) is 18.2 Å². The number of nitrogens with one attached hydrogen (secondary N) is 1. The Balaban J connectivity index is 1.58. The molecule has 0 radical (unpaired) electrons. The number of anilines is 1. The van der Waals surface area contributed by atoms with Gasteiger partial charge in [-0.25, -0.2) is 8.42 Å². The SMILES string of the molecule is CCCCCCCCCCCCCCCCCC(CC)Nc1ccc(C=Cc2ccc(S(=O)(=O)CCCCCCCCCCCO)cc2)cc1. The standard InChI is InChI=1S/C45H75NO3S/c1-3-5-6-7-8-9-10-11-12-13-14-16-19-22-25-28-43(4-2)46-44-35-31-41(32-36-44)29-30-42-33-37-45(38-34-42)50(48,49)40-27-24-21-18-15-17-20-23-26-39-47/h29-38,43,46-47H,3-28,39-40H2,1-2H3. The first-order chi connectivity index (χ1) is 24.5. The third kappa shape index (κ3) is 22.0. The molecule has 0 aliphatic heterocycles. The number of sulfone groups is 1. The molecule has 1 unspecified atom stereocenters. The predicted octanol–water partition coefficient (Wildman–Crippen LogP) is 13.6. The van der Waals surface area contributed by atoms with Crippen LogP contribution < -0.4 is 5.32 Å². The summed E-state index contributed by atoms with van der Waals surface area (Å²) in [5.74, 6) is 0.220. The molecule has 2 aromatic rings. The number of hydrogen-bond acceptors (Lipinski definition) is 4. The maximum atomic E-state index is 12.8. The zero-order valence-corrected chi connectivity index (χ0v) is 33.1. The number of aliphatic hydroxyl groups is 1. The summed E-state index contributed by atoms with van der Waals surface area (Å²) in [4.78, 5) is 0.420. The number of benzene rings is 2. The van der Waals surface area contributed by atoms with Crippen LogP contribution in [0.4, 0.5) is 5.69 Å².